The Labute approximate surface area is 193 Å². The lowest BCUT2D eigenvalue weighted by atomic mass is 9.98. The number of nitrogens with two attached hydrogens (primary N) is 1. The monoisotopic (exact) mass is 465 g/mol. The SMILES string of the molecule is NC(=O)C(=O)C(Cc1ccccc1)NC1CCN(S(=O)(=O)c2ccc3ccccc3c2)CC1. The van der Waals surface area contributed by atoms with E-state index in [-0.39, 0.29) is 10.9 Å². The number of piperidine rings is 1. The van der Waals surface area contributed by atoms with E-state index in [2.05, 4.69) is 5.32 Å². The quantitative estimate of drug-likeness (QED) is 0.496. The predicted octanol–water partition coefficient (Wildman–Crippen LogP) is 2.25. The number of rotatable bonds is 8. The lowest BCUT2D eigenvalue weighted by molar-refractivity contribution is -0.137. The van der Waals surface area contributed by atoms with E-state index in [0.717, 1.165) is 16.3 Å². The van der Waals surface area contributed by atoms with Crippen LogP contribution < -0.4 is 11.1 Å². The number of hydrogen-bond donors (Lipinski definition) is 2. The van der Waals surface area contributed by atoms with Gasteiger partial charge in [-0.1, -0.05) is 60.7 Å². The zero-order valence-corrected chi connectivity index (χ0v) is 19.0. The van der Waals surface area contributed by atoms with Gasteiger partial charge in [0, 0.05) is 19.1 Å². The number of Topliss-reactive ketones (excluding diaryl/α,β-unsaturated/α-hetero) is 1. The lowest BCUT2D eigenvalue weighted by Crippen LogP contribution is -2.52. The van der Waals surface area contributed by atoms with Crippen molar-refractivity contribution in [3.05, 3.63) is 78.4 Å². The summed E-state index contributed by atoms with van der Waals surface area (Å²) in [6.07, 6.45) is 1.41. The molecule has 0 spiro atoms. The molecule has 0 bridgehead atoms. The van der Waals surface area contributed by atoms with Gasteiger partial charge >= 0.3 is 0 Å². The van der Waals surface area contributed by atoms with Crippen LogP contribution in [0.2, 0.25) is 0 Å². The molecule has 1 fully saturated rings. The van der Waals surface area contributed by atoms with E-state index in [1.807, 2.05) is 60.7 Å². The zero-order valence-electron chi connectivity index (χ0n) is 18.2. The fraction of sp³-hybridized carbons (Fsp3) is 0.280. The Morgan fingerprint density at radius 1 is 0.939 bits per heavy atom. The molecule has 3 aromatic carbocycles. The molecule has 8 heteroatoms. The van der Waals surface area contributed by atoms with Crippen molar-refractivity contribution in [1.29, 1.82) is 0 Å². The summed E-state index contributed by atoms with van der Waals surface area (Å²) in [5.74, 6) is -1.63. The third-order valence-corrected chi connectivity index (χ3v) is 7.99. The molecule has 1 aliphatic heterocycles. The third kappa shape index (κ3) is 5.30. The molecule has 7 nitrogen and oxygen atoms in total. The summed E-state index contributed by atoms with van der Waals surface area (Å²) in [5.41, 5.74) is 6.18. The highest BCUT2D eigenvalue weighted by molar-refractivity contribution is 7.89. The second kappa shape index (κ2) is 9.82. The van der Waals surface area contributed by atoms with Crippen LogP contribution in [-0.2, 0) is 26.0 Å². The number of hydrogen-bond acceptors (Lipinski definition) is 5. The van der Waals surface area contributed by atoms with Crippen LogP contribution in [0.4, 0.5) is 0 Å². The van der Waals surface area contributed by atoms with E-state index in [9.17, 15) is 18.0 Å². The first kappa shape index (κ1) is 23.1. The maximum Gasteiger partial charge on any atom is 0.286 e. The maximum absolute atomic E-state index is 13.2. The molecule has 1 aliphatic rings. The highest BCUT2D eigenvalue weighted by Crippen LogP contribution is 2.24. The van der Waals surface area contributed by atoms with Crippen molar-refractivity contribution in [2.75, 3.05) is 13.1 Å². The van der Waals surface area contributed by atoms with Crippen molar-refractivity contribution in [2.45, 2.75) is 36.2 Å². The predicted molar refractivity (Wildman–Crippen MR) is 127 cm³/mol. The number of sulfonamides is 1. The highest BCUT2D eigenvalue weighted by atomic mass is 32.2. The summed E-state index contributed by atoms with van der Waals surface area (Å²) in [6, 6.07) is 21.4. The Kier molecular flexibility index (Phi) is 6.88. The van der Waals surface area contributed by atoms with Crippen molar-refractivity contribution in [1.82, 2.24) is 9.62 Å². The van der Waals surface area contributed by atoms with Crippen molar-refractivity contribution in [3.8, 4) is 0 Å². The Morgan fingerprint density at radius 2 is 1.58 bits per heavy atom. The molecule has 1 unspecified atom stereocenters. The smallest absolute Gasteiger partial charge is 0.286 e. The molecule has 172 valence electrons. The van der Waals surface area contributed by atoms with Gasteiger partial charge in [0.15, 0.2) is 0 Å². The summed E-state index contributed by atoms with van der Waals surface area (Å²) in [4.78, 5) is 24.2. The molecule has 33 heavy (non-hydrogen) atoms. The fourth-order valence-corrected chi connectivity index (χ4v) is 5.78. The van der Waals surface area contributed by atoms with Crippen LogP contribution in [0.25, 0.3) is 10.8 Å². The van der Waals surface area contributed by atoms with Gasteiger partial charge in [0.1, 0.15) is 0 Å². The Morgan fingerprint density at radius 3 is 2.24 bits per heavy atom. The zero-order chi connectivity index (χ0) is 23.4. The lowest BCUT2D eigenvalue weighted by Gasteiger charge is -2.33. The summed E-state index contributed by atoms with van der Waals surface area (Å²) in [5, 5.41) is 5.12. The van der Waals surface area contributed by atoms with Crippen molar-refractivity contribution in [2.24, 2.45) is 5.73 Å². The van der Waals surface area contributed by atoms with E-state index in [4.69, 9.17) is 5.73 Å². The van der Waals surface area contributed by atoms with E-state index < -0.39 is 27.8 Å². The van der Waals surface area contributed by atoms with Gasteiger partial charge in [-0.05, 0) is 47.7 Å². The normalized spacial score (nSPS) is 16.5. The molecule has 0 saturated carbocycles. The molecule has 1 amide bonds. The van der Waals surface area contributed by atoms with Crippen LogP contribution in [0.15, 0.2) is 77.7 Å². The number of nitrogens with zero attached hydrogens (tertiary/aromatic N) is 1. The topological polar surface area (TPSA) is 110 Å². The van der Waals surface area contributed by atoms with Crippen LogP contribution in [0, 0.1) is 0 Å². The molecule has 0 aliphatic carbocycles. The molecular formula is C25H27N3O4S. The second-order valence-corrected chi connectivity index (χ2v) is 10.3. The van der Waals surface area contributed by atoms with Gasteiger partial charge in [0.25, 0.3) is 5.91 Å². The van der Waals surface area contributed by atoms with E-state index >= 15 is 0 Å². The molecule has 0 aromatic heterocycles. The van der Waals surface area contributed by atoms with Crippen LogP contribution in [0.3, 0.4) is 0 Å². The van der Waals surface area contributed by atoms with Gasteiger partial charge in [-0.3, -0.25) is 9.59 Å². The fourth-order valence-electron chi connectivity index (χ4n) is 4.27. The number of nitrogens with one attached hydrogen (secondary N) is 1. The largest absolute Gasteiger partial charge is 0.363 e. The molecule has 1 atom stereocenters. The van der Waals surface area contributed by atoms with Crippen molar-refractivity contribution < 1.29 is 18.0 Å². The number of ketones is 1. The number of primary amides is 1. The van der Waals surface area contributed by atoms with Crippen LogP contribution >= 0.6 is 0 Å². The van der Waals surface area contributed by atoms with Gasteiger partial charge < -0.3 is 11.1 Å². The van der Waals surface area contributed by atoms with Gasteiger partial charge in [0.2, 0.25) is 15.8 Å². The molecule has 1 saturated heterocycles. The third-order valence-electron chi connectivity index (χ3n) is 6.09. The summed E-state index contributed by atoms with van der Waals surface area (Å²) in [7, 11) is -3.62. The summed E-state index contributed by atoms with van der Waals surface area (Å²) >= 11 is 0. The number of fused-ring (bicyclic) bond motifs is 1. The molecule has 3 N–H and O–H groups in total. The first-order valence-corrected chi connectivity index (χ1v) is 12.4. The van der Waals surface area contributed by atoms with E-state index in [0.29, 0.717) is 32.4 Å². The van der Waals surface area contributed by atoms with Crippen molar-refractivity contribution in [3.63, 3.8) is 0 Å². The van der Waals surface area contributed by atoms with Gasteiger partial charge in [-0.25, -0.2) is 8.42 Å². The minimum Gasteiger partial charge on any atom is -0.363 e. The Balaban J connectivity index is 1.43. The van der Waals surface area contributed by atoms with Crippen molar-refractivity contribution >= 4 is 32.5 Å². The maximum atomic E-state index is 13.2. The highest BCUT2D eigenvalue weighted by Gasteiger charge is 2.32. The number of amides is 1. The minimum atomic E-state index is -3.62. The molecule has 1 heterocycles. The Hall–Kier alpha value is -3.07. The first-order valence-electron chi connectivity index (χ1n) is 11.0. The van der Waals surface area contributed by atoms with E-state index in [1.165, 1.54) is 4.31 Å². The van der Waals surface area contributed by atoms with Crippen LogP contribution in [0.1, 0.15) is 18.4 Å². The minimum absolute atomic E-state index is 0.0925. The van der Waals surface area contributed by atoms with Gasteiger partial charge in [-0.15, -0.1) is 0 Å². The average molecular weight is 466 g/mol. The average Bonchev–Trinajstić information content (AvgIpc) is 2.83. The van der Waals surface area contributed by atoms with Crippen LogP contribution in [0.5, 0.6) is 0 Å². The molecule has 3 aromatic rings. The Bertz CT molecular complexity index is 1250. The number of carbonyl (C=O) groups is 2. The van der Waals surface area contributed by atoms with Gasteiger partial charge in [-0.2, -0.15) is 4.31 Å². The molecule has 4 rings (SSSR count). The number of benzene rings is 3. The first-order chi connectivity index (χ1) is 15.8. The number of carbonyl (C=O) groups excluding carboxylic acids is 2. The molecular weight excluding hydrogens is 438 g/mol. The van der Waals surface area contributed by atoms with Gasteiger partial charge in [0.05, 0.1) is 10.9 Å². The molecule has 0 radical (unpaired) electrons. The standard InChI is InChI=1S/C25H27N3O4S/c26-25(30)24(29)23(16-18-6-2-1-3-7-18)27-21-12-14-28(15-13-21)33(31,32)22-11-10-19-8-4-5-9-20(19)17-22/h1-11,17,21,23,27H,12-16H2,(H2,26,30). The summed E-state index contributed by atoms with van der Waals surface area (Å²) in [6.45, 7) is 0.658. The second-order valence-electron chi connectivity index (χ2n) is 8.32. The summed E-state index contributed by atoms with van der Waals surface area (Å²) < 4.78 is 27.9. The van der Waals surface area contributed by atoms with Crippen LogP contribution in [-0.4, -0.2) is 49.6 Å². The van der Waals surface area contributed by atoms with E-state index in [1.54, 1.807) is 12.1 Å².